The van der Waals surface area contributed by atoms with Gasteiger partial charge in [0.1, 0.15) is 0 Å². The van der Waals surface area contributed by atoms with Gasteiger partial charge in [-0.1, -0.05) is 55.5 Å². The lowest BCUT2D eigenvalue weighted by Gasteiger charge is -2.16. The number of likely N-dealkylation sites (tertiary alicyclic amines) is 1. The topological polar surface area (TPSA) is 20.3 Å². The molecular weight excluding hydrogens is 246 g/mol. The molecule has 3 rings (SSSR count). The minimum atomic E-state index is 0.187. The molecule has 0 unspecified atom stereocenters. The summed E-state index contributed by atoms with van der Waals surface area (Å²) in [6.07, 6.45) is 0.983. The van der Waals surface area contributed by atoms with Crippen molar-refractivity contribution in [2.24, 2.45) is 5.92 Å². The van der Waals surface area contributed by atoms with E-state index in [1.807, 2.05) is 30.0 Å². The first kappa shape index (κ1) is 12.9. The fourth-order valence-electron chi connectivity index (χ4n) is 2.75. The Morgan fingerprint density at radius 3 is 2.50 bits per heavy atom. The molecule has 1 aliphatic rings. The van der Waals surface area contributed by atoms with Crippen LogP contribution in [0.4, 0.5) is 0 Å². The van der Waals surface area contributed by atoms with Crippen molar-refractivity contribution < 1.29 is 4.79 Å². The molecule has 0 radical (unpaired) electrons. The summed E-state index contributed by atoms with van der Waals surface area (Å²) in [6.45, 7) is 3.63. The molecule has 0 bridgehead atoms. The first-order valence-electron chi connectivity index (χ1n) is 7.17. The maximum Gasteiger partial charge on any atom is 0.225 e. The molecule has 2 nitrogen and oxygen atoms in total. The van der Waals surface area contributed by atoms with E-state index in [4.69, 9.17) is 0 Å². The number of carbonyl (C=O) groups is 1. The number of carbonyl (C=O) groups excluding carboxylic acids is 1. The zero-order valence-electron chi connectivity index (χ0n) is 11.8. The van der Waals surface area contributed by atoms with Gasteiger partial charge in [-0.2, -0.15) is 0 Å². The molecule has 1 fully saturated rings. The molecule has 2 aromatic rings. The summed E-state index contributed by atoms with van der Waals surface area (Å²) in [5, 5.41) is 0. The molecule has 1 amide bonds. The van der Waals surface area contributed by atoms with Gasteiger partial charge in [0.2, 0.25) is 5.91 Å². The van der Waals surface area contributed by atoms with Crippen molar-refractivity contribution in [3.05, 3.63) is 60.2 Å². The Hall–Kier alpha value is -2.09. The molecule has 2 heteroatoms. The van der Waals surface area contributed by atoms with Crippen LogP contribution in [0.25, 0.3) is 11.1 Å². The van der Waals surface area contributed by atoms with Crippen LogP contribution in [0.5, 0.6) is 0 Å². The largest absolute Gasteiger partial charge is 0.338 e. The van der Waals surface area contributed by atoms with Gasteiger partial charge in [0.25, 0.3) is 0 Å². The van der Waals surface area contributed by atoms with Crippen LogP contribution in [0.15, 0.2) is 54.6 Å². The highest BCUT2D eigenvalue weighted by atomic mass is 16.2. The second-order valence-corrected chi connectivity index (χ2v) is 5.52. The van der Waals surface area contributed by atoms with Crippen LogP contribution in [0, 0.1) is 5.92 Å². The fourth-order valence-corrected chi connectivity index (χ4v) is 2.75. The van der Waals surface area contributed by atoms with Crippen LogP contribution < -0.4 is 0 Å². The summed E-state index contributed by atoms with van der Waals surface area (Å²) in [5.41, 5.74) is 3.63. The van der Waals surface area contributed by atoms with Gasteiger partial charge in [0.05, 0.1) is 0 Å². The van der Waals surface area contributed by atoms with Crippen LogP contribution in [0.2, 0.25) is 0 Å². The SMILES string of the molecule is C[C@H]1CCN(Cc2cccc(-c3ccccc3)c2)C1=O. The van der Waals surface area contributed by atoms with E-state index in [1.165, 1.54) is 16.7 Å². The van der Waals surface area contributed by atoms with Gasteiger partial charge in [-0.15, -0.1) is 0 Å². The van der Waals surface area contributed by atoms with Crippen molar-refractivity contribution in [1.29, 1.82) is 0 Å². The second kappa shape index (κ2) is 5.49. The average molecular weight is 265 g/mol. The third-order valence-corrected chi connectivity index (χ3v) is 3.97. The highest BCUT2D eigenvalue weighted by Crippen LogP contribution is 2.23. The molecule has 1 saturated heterocycles. The minimum Gasteiger partial charge on any atom is -0.338 e. The summed E-state index contributed by atoms with van der Waals surface area (Å²) in [5.74, 6) is 0.474. The molecule has 1 aliphatic heterocycles. The molecule has 1 atom stereocenters. The lowest BCUT2D eigenvalue weighted by Crippen LogP contribution is -2.26. The lowest BCUT2D eigenvalue weighted by molar-refractivity contribution is -0.131. The zero-order chi connectivity index (χ0) is 13.9. The Kier molecular flexibility index (Phi) is 3.55. The molecular formula is C18H19NO. The van der Waals surface area contributed by atoms with Crippen molar-refractivity contribution in [3.63, 3.8) is 0 Å². The van der Waals surface area contributed by atoms with E-state index in [9.17, 15) is 4.79 Å². The third kappa shape index (κ3) is 2.60. The maximum atomic E-state index is 12.0. The van der Waals surface area contributed by atoms with Crippen molar-refractivity contribution in [3.8, 4) is 11.1 Å². The molecule has 2 aromatic carbocycles. The first-order valence-corrected chi connectivity index (χ1v) is 7.17. The summed E-state index contributed by atoms with van der Waals surface area (Å²) in [7, 11) is 0. The fraction of sp³-hybridized carbons (Fsp3) is 0.278. The predicted molar refractivity (Wildman–Crippen MR) is 81.1 cm³/mol. The summed E-state index contributed by atoms with van der Waals surface area (Å²) in [6, 6.07) is 18.8. The van der Waals surface area contributed by atoms with Gasteiger partial charge in [0.15, 0.2) is 0 Å². The molecule has 1 heterocycles. The Balaban J connectivity index is 1.80. The summed E-state index contributed by atoms with van der Waals surface area (Å²) >= 11 is 0. The van der Waals surface area contributed by atoms with Crippen LogP contribution in [-0.4, -0.2) is 17.4 Å². The van der Waals surface area contributed by atoms with Gasteiger partial charge in [-0.3, -0.25) is 4.79 Å². The highest BCUT2D eigenvalue weighted by molar-refractivity contribution is 5.80. The van der Waals surface area contributed by atoms with E-state index >= 15 is 0 Å². The Morgan fingerprint density at radius 1 is 1.05 bits per heavy atom. The van der Waals surface area contributed by atoms with E-state index in [2.05, 4.69) is 36.4 Å². The van der Waals surface area contributed by atoms with Gasteiger partial charge < -0.3 is 4.90 Å². The molecule has 0 aromatic heterocycles. The average Bonchev–Trinajstić information content (AvgIpc) is 2.81. The smallest absolute Gasteiger partial charge is 0.225 e. The maximum absolute atomic E-state index is 12.0. The Bertz CT molecular complexity index is 606. The minimum absolute atomic E-state index is 0.187. The van der Waals surface area contributed by atoms with E-state index in [-0.39, 0.29) is 11.8 Å². The van der Waals surface area contributed by atoms with Crippen molar-refractivity contribution in [2.75, 3.05) is 6.54 Å². The van der Waals surface area contributed by atoms with Gasteiger partial charge in [-0.05, 0) is 29.2 Å². The highest BCUT2D eigenvalue weighted by Gasteiger charge is 2.27. The molecule has 0 N–H and O–H groups in total. The zero-order valence-corrected chi connectivity index (χ0v) is 11.8. The monoisotopic (exact) mass is 265 g/mol. The molecule has 102 valence electrons. The van der Waals surface area contributed by atoms with Crippen molar-refractivity contribution in [1.82, 2.24) is 4.90 Å². The molecule has 0 aliphatic carbocycles. The standard InChI is InChI=1S/C18H19NO/c1-14-10-11-19(18(14)20)13-15-6-5-9-17(12-15)16-7-3-2-4-8-16/h2-9,12,14H,10-11,13H2,1H3/t14-/m0/s1. The van der Waals surface area contributed by atoms with E-state index in [1.54, 1.807) is 0 Å². The first-order chi connectivity index (χ1) is 9.74. The van der Waals surface area contributed by atoms with Crippen LogP contribution in [-0.2, 0) is 11.3 Å². The lowest BCUT2D eigenvalue weighted by atomic mass is 10.0. The normalized spacial score (nSPS) is 18.6. The molecule has 0 spiro atoms. The number of amides is 1. The number of nitrogens with zero attached hydrogens (tertiary/aromatic N) is 1. The van der Waals surface area contributed by atoms with Crippen LogP contribution >= 0.6 is 0 Å². The van der Waals surface area contributed by atoms with E-state index in [0.29, 0.717) is 0 Å². The number of hydrogen-bond donors (Lipinski definition) is 0. The van der Waals surface area contributed by atoms with Crippen molar-refractivity contribution in [2.45, 2.75) is 19.9 Å². The van der Waals surface area contributed by atoms with E-state index < -0.39 is 0 Å². The number of rotatable bonds is 3. The summed E-state index contributed by atoms with van der Waals surface area (Å²) < 4.78 is 0. The number of hydrogen-bond acceptors (Lipinski definition) is 1. The van der Waals surface area contributed by atoms with Crippen LogP contribution in [0.3, 0.4) is 0 Å². The van der Waals surface area contributed by atoms with Gasteiger partial charge in [-0.25, -0.2) is 0 Å². The van der Waals surface area contributed by atoms with Crippen LogP contribution in [0.1, 0.15) is 18.9 Å². The third-order valence-electron chi connectivity index (χ3n) is 3.97. The quantitative estimate of drug-likeness (QED) is 0.828. The second-order valence-electron chi connectivity index (χ2n) is 5.52. The van der Waals surface area contributed by atoms with Gasteiger partial charge in [0, 0.05) is 19.0 Å². The summed E-state index contributed by atoms with van der Waals surface area (Å²) in [4.78, 5) is 14.0. The van der Waals surface area contributed by atoms with Gasteiger partial charge >= 0.3 is 0 Å². The molecule has 20 heavy (non-hydrogen) atoms. The molecule has 0 saturated carbocycles. The Labute approximate surface area is 120 Å². The predicted octanol–water partition coefficient (Wildman–Crippen LogP) is 3.72. The Morgan fingerprint density at radius 2 is 1.80 bits per heavy atom. The van der Waals surface area contributed by atoms with Crippen molar-refractivity contribution >= 4 is 5.91 Å². The number of benzene rings is 2. The van der Waals surface area contributed by atoms with E-state index in [0.717, 1.165) is 19.5 Å².